The molecule has 0 saturated carbocycles. The molecule has 9 heteroatoms. The van der Waals surface area contributed by atoms with Crippen LogP contribution in [0.2, 0.25) is 0 Å². The molecule has 2 aromatic rings. The highest BCUT2D eigenvalue weighted by Gasteiger charge is 2.30. The third kappa shape index (κ3) is 4.65. The van der Waals surface area contributed by atoms with E-state index in [4.69, 9.17) is 4.74 Å². The molecule has 0 aliphatic rings. The highest BCUT2D eigenvalue weighted by Crippen LogP contribution is 2.23. The Labute approximate surface area is 149 Å². The number of benzene rings is 1. The first-order valence-electron chi connectivity index (χ1n) is 7.19. The van der Waals surface area contributed by atoms with E-state index >= 15 is 0 Å². The Morgan fingerprint density at radius 2 is 1.80 bits per heavy atom. The zero-order valence-electron chi connectivity index (χ0n) is 13.6. The lowest BCUT2D eigenvalue weighted by molar-refractivity contribution is -0.142. The lowest BCUT2D eigenvalue weighted by Crippen LogP contribution is -2.43. The average Bonchev–Trinajstić information content (AvgIpc) is 3.11. The van der Waals surface area contributed by atoms with Crippen molar-refractivity contribution in [1.29, 1.82) is 0 Å². The molecule has 0 fully saturated rings. The average molecular weight is 383 g/mol. The zero-order valence-corrected chi connectivity index (χ0v) is 15.2. The minimum atomic E-state index is -4.12. The summed E-state index contributed by atoms with van der Waals surface area (Å²) in [5.74, 6) is -1.48. The summed E-state index contributed by atoms with van der Waals surface area (Å²) in [5, 5.41) is 1.46. The number of carbonyl (C=O) groups excluding carboxylic acids is 2. The van der Waals surface area contributed by atoms with Crippen molar-refractivity contribution in [3.63, 3.8) is 0 Å². The Kier molecular flexibility index (Phi) is 6.29. The monoisotopic (exact) mass is 383 g/mol. The molecule has 1 heterocycles. The minimum Gasteiger partial charge on any atom is -0.468 e. The summed E-state index contributed by atoms with van der Waals surface area (Å²) in [7, 11) is -1.77. The fourth-order valence-corrected chi connectivity index (χ4v) is 4.69. The number of thiophene rings is 1. The second-order valence-corrected chi connectivity index (χ2v) is 7.59. The predicted molar refractivity (Wildman–Crippen MR) is 91.9 cm³/mol. The van der Waals surface area contributed by atoms with Crippen LogP contribution in [-0.2, 0) is 30.7 Å². The number of carbonyl (C=O) groups is 2. The lowest BCUT2D eigenvalue weighted by atomic mass is 10.1. The number of nitrogens with one attached hydrogen (secondary N) is 1. The second-order valence-electron chi connectivity index (χ2n) is 4.99. The number of esters is 2. The van der Waals surface area contributed by atoms with Gasteiger partial charge in [0.1, 0.15) is 15.8 Å². The normalized spacial score (nSPS) is 12.4. The molecule has 0 aliphatic carbocycles. The molecule has 1 aromatic carbocycles. The molecule has 1 atom stereocenters. The van der Waals surface area contributed by atoms with Gasteiger partial charge in [-0.25, -0.2) is 13.2 Å². The van der Waals surface area contributed by atoms with E-state index in [-0.39, 0.29) is 16.2 Å². The summed E-state index contributed by atoms with van der Waals surface area (Å²) in [6, 6.07) is 9.09. The van der Waals surface area contributed by atoms with Gasteiger partial charge in [-0.2, -0.15) is 4.72 Å². The molecule has 25 heavy (non-hydrogen) atoms. The highest BCUT2D eigenvalue weighted by molar-refractivity contribution is 7.89. The van der Waals surface area contributed by atoms with Crippen molar-refractivity contribution in [2.24, 2.45) is 0 Å². The van der Waals surface area contributed by atoms with Crippen LogP contribution in [0.1, 0.15) is 15.2 Å². The van der Waals surface area contributed by atoms with E-state index in [0.717, 1.165) is 16.9 Å². The lowest BCUT2D eigenvalue weighted by Gasteiger charge is -2.16. The number of hydrogen-bond acceptors (Lipinski definition) is 7. The van der Waals surface area contributed by atoms with Crippen molar-refractivity contribution in [2.45, 2.75) is 17.4 Å². The van der Waals surface area contributed by atoms with Crippen LogP contribution < -0.4 is 4.72 Å². The molecule has 0 aliphatic heterocycles. The van der Waals surface area contributed by atoms with Gasteiger partial charge >= 0.3 is 11.9 Å². The quantitative estimate of drug-likeness (QED) is 0.729. The molecule has 7 nitrogen and oxygen atoms in total. The van der Waals surface area contributed by atoms with Crippen LogP contribution >= 0.6 is 11.3 Å². The Bertz CT molecular complexity index is 845. The van der Waals surface area contributed by atoms with E-state index in [1.807, 2.05) is 6.07 Å². The van der Waals surface area contributed by atoms with Gasteiger partial charge in [0.05, 0.1) is 14.2 Å². The second kappa shape index (κ2) is 8.24. The van der Waals surface area contributed by atoms with Crippen LogP contribution in [0.4, 0.5) is 0 Å². The zero-order chi connectivity index (χ0) is 18.4. The molecule has 134 valence electrons. The molecule has 0 saturated heterocycles. The summed E-state index contributed by atoms with van der Waals surface area (Å²) in [6.45, 7) is 0. The Balaban J connectivity index is 2.30. The van der Waals surface area contributed by atoms with Crippen LogP contribution in [0.15, 0.2) is 46.7 Å². The molecule has 2 rings (SSSR count). The molecule has 0 spiro atoms. The van der Waals surface area contributed by atoms with E-state index in [1.165, 1.54) is 25.7 Å². The van der Waals surface area contributed by atoms with Crippen LogP contribution in [0, 0.1) is 0 Å². The first-order valence-corrected chi connectivity index (χ1v) is 9.55. The molecular formula is C16H17NO6S2. The Morgan fingerprint density at radius 1 is 1.12 bits per heavy atom. The van der Waals surface area contributed by atoms with E-state index in [9.17, 15) is 18.0 Å². The van der Waals surface area contributed by atoms with Crippen LogP contribution in [0.5, 0.6) is 0 Å². The van der Waals surface area contributed by atoms with Gasteiger partial charge in [-0.15, -0.1) is 11.3 Å². The molecule has 1 aromatic heterocycles. The Hall–Kier alpha value is -2.23. The first kappa shape index (κ1) is 19.1. The van der Waals surface area contributed by atoms with Crippen LogP contribution in [0.25, 0.3) is 0 Å². The molecule has 0 radical (unpaired) electrons. The van der Waals surface area contributed by atoms with E-state index in [0.29, 0.717) is 0 Å². The third-order valence-electron chi connectivity index (χ3n) is 3.36. The fourth-order valence-electron chi connectivity index (χ4n) is 2.17. The maximum atomic E-state index is 12.6. The van der Waals surface area contributed by atoms with Crippen molar-refractivity contribution in [3.8, 4) is 0 Å². The molecule has 0 amide bonds. The van der Waals surface area contributed by atoms with Crippen molar-refractivity contribution in [3.05, 3.63) is 52.2 Å². The van der Waals surface area contributed by atoms with Gasteiger partial charge in [-0.05, 0) is 23.4 Å². The smallest absolute Gasteiger partial charge is 0.349 e. The van der Waals surface area contributed by atoms with Gasteiger partial charge in [-0.1, -0.05) is 30.3 Å². The first-order chi connectivity index (χ1) is 11.9. The summed E-state index contributed by atoms with van der Waals surface area (Å²) in [5.41, 5.74) is 0.763. The molecule has 1 N–H and O–H groups in total. The maximum Gasteiger partial charge on any atom is 0.349 e. The standard InChI is InChI=1S/C16H17NO6S2/c1-22-15(18)12(10-11-6-4-3-5-7-11)17-25(20,21)13-8-9-24-14(13)16(19)23-2/h3-9,12,17H,10H2,1-2H3/t12-/m0/s1. The number of ether oxygens (including phenoxy) is 2. The number of methoxy groups -OCH3 is 2. The van der Waals surface area contributed by atoms with Crippen molar-refractivity contribution in [2.75, 3.05) is 14.2 Å². The minimum absolute atomic E-state index is 0.0571. The van der Waals surface area contributed by atoms with Gasteiger partial charge in [0.2, 0.25) is 10.0 Å². The van der Waals surface area contributed by atoms with Crippen molar-refractivity contribution < 1.29 is 27.5 Å². The summed E-state index contributed by atoms with van der Waals surface area (Å²) < 4.78 is 36.9. The summed E-state index contributed by atoms with van der Waals surface area (Å²) in [4.78, 5) is 23.4. The van der Waals surface area contributed by atoms with Crippen LogP contribution in [0.3, 0.4) is 0 Å². The van der Waals surface area contributed by atoms with Gasteiger partial charge in [0.15, 0.2) is 0 Å². The number of rotatable bonds is 7. The predicted octanol–water partition coefficient (Wildman–Crippen LogP) is 1.60. The van der Waals surface area contributed by atoms with E-state index < -0.39 is 28.0 Å². The number of sulfonamides is 1. The summed E-state index contributed by atoms with van der Waals surface area (Å²) in [6.07, 6.45) is 0.116. The van der Waals surface area contributed by atoms with Crippen molar-refractivity contribution in [1.82, 2.24) is 4.72 Å². The van der Waals surface area contributed by atoms with E-state index in [1.54, 1.807) is 24.3 Å². The third-order valence-corrected chi connectivity index (χ3v) is 5.89. The molecule has 0 unspecified atom stereocenters. The number of hydrogen-bond donors (Lipinski definition) is 1. The molecule has 0 bridgehead atoms. The molecular weight excluding hydrogens is 366 g/mol. The van der Waals surface area contributed by atoms with Gasteiger partial charge < -0.3 is 9.47 Å². The highest BCUT2D eigenvalue weighted by atomic mass is 32.2. The SMILES string of the molecule is COC(=O)c1sccc1S(=O)(=O)N[C@@H](Cc1ccccc1)C(=O)OC. The van der Waals surface area contributed by atoms with E-state index in [2.05, 4.69) is 9.46 Å². The van der Waals surface area contributed by atoms with Crippen molar-refractivity contribution >= 4 is 33.3 Å². The van der Waals surface area contributed by atoms with Gasteiger partial charge in [0.25, 0.3) is 0 Å². The van der Waals surface area contributed by atoms with Gasteiger partial charge in [0, 0.05) is 0 Å². The largest absolute Gasteiger partial charge is 0.468 e. The topological polar surface area (TPSA) is 98.8 Å². The van der Waals surface area contributed by atoms with Crippen LogP contribution in [-0.4, -0.2) is 40.6 Å². The Morgan fingerprint density at radius 3 is 2.40 bits per heavy atom. The fraction of sp³-hybridized carbons (Fsp3) is 0.250. The maximum absolute atomic E-state index is 12.6. The van der Waals surface area contributed by atoms with Gasteiger partial charge in [-0.3, -0.25) is 4.79 Å². The summed E-state index contributed by atoms with van der Waals surface area (Å²) >= 11 is 0.944.